The van der Waals surface area contributed by atoms with Crippen LogP contribution in [-0.2, 0) is 6.54 Å². The first-order valence-corrected chi connectivity index (χ1v) is 8.23. The highest BCUT2D eigenvalue weighted by Crippen LogP contribution is 2.26. The summed E-state index contributed by atoms with van der Waals surface area (Å²) in [6, 6.07) is 10.1. The summed E-state index contributed by atoms with van der Waals surface area (Å²) in [4.78, 5) is 13.6. The largest absolute Gasteiger partial charge is 0.419 e. The van der Waals surface area contributed by atoms with E-state index in [4.69, 9.17) is 4.42 Å². The highest BCUT2D eigenvalue weighted by Gasteiger charge is 2.20. The lowest BCUT2D eigenvalue weighted by Crippen LogP contribution is -2.21. The van der Waals surface area contributed by atoms with Gasteiger partial charge in [-0.2, -0.15) is 0 Å². The highest BCUT2D eigenvalue weighted by atomic mass is 32.1. The minimum absolute atomic E-state index is 0.0301. The van der Waals surface area contributed by atoms with Gasteiger partial charge in [0.05, 0.1) is 11.0 Å². The number of benzene rings is 1. The van der Waals surface area contributed by atoms with E-state index in [1.807, 2.05) is 25.4 Å². The molecule has 0 bridgehead atoms. The molecule has 3 aromatic rings. The van der Waals surface area contributed by atoms with Gasteiger partial charge in [-0.25, -0.2) is 0 Å². The lowest BCUT2D eigenvalue weighted by atomic mass is 10.2. The molecule has 0 amide bonds. The van der Waals surface area contributed by atoms with E-state index < -0.39 is 4.92 Å². The maximum Gasteiger partial charge on any atom is 0.269 e. The van der Waals surface area contributed by atoms with Crippen LogP contribution in [0.2, 0.25) is 0 Å². The van der Waals surface area contributed by atoms with Crippen LogP contribution in [0.25, 0.3) is 11.5 Å². The van der Waals surface area contributed by atoms with E-state index >= 15 is 0 Å². The maximum atomic E-state index is 10.7. The molecule has 0 aliphatic rings. The molecule has 1 aromatic carbocycles. The molecule has 8 heteroatoms. The lowest BCUT2D eigenvalue weighted by molar-refractivity contribution is -0.384. The van der Waals surface area contributed by atoms with Gasteiger partial charge in [-0.15, -0.1) is 21.5 Å². The topological polar surface area (TPSA) is 85.3 Å². The molecule has 0 fully saturated rings. The third-order valence-electron chi connectivity index (χ3n) is 3.77. The Labute approximate surface area is 142 Å². The van der Waals surface area contributed by atoms with E-state index in [-0.39, 0.29) is 11.7 Å². The number of hydrogen-bond acceptors (Lipinski definition) is 7. The van der Waals surface area contributed by atoms with Crippen LogP contribution in [0.15, 0.2) is 46.2 Å². The quantitative estimate of drug-likeness (QED) is 0.498. The van der Waals surface area contributed by atoms with Crippen molar-refractivity contribution in [3.8, 4) is 11.5 Å². The Morgan fingerprint density at radius 3 is 2.67 bits per heavy atom. The third kappa shape index (κ3) is 3.50. The van der Waals surface area contributed by atoms with Crippen LogP contribution in [0.1, 0.15) is 23.7 Å². The van der Waals surface area contributed by atoms with Gasteiger partial charge in [-0.1, -0.05) is 6.07 Å². The zero-order valence-electron chi connectivity index (χ0n) is 13.2. The monoisotopic (exact) mass is 344 g/mol. The van der Waals surface area contributed by atoms with Crippen molar-refractivity contribution >= 4 is 17.0 Å². The standard InChI is InChI=1S/C16H16N4O3S/c1-11(19(2)10-14-4-3-9-24-14)15-17-18-16(23-15)12-5-7-13(8-6-12)20(21)22/h3-9,11H,10H2,1-2H3/t11-/m0/s1. The van der Waals surface area contributed by atoms with Gasteiger partial charge in [0.25, 0.3) is 5.69 Å². The molecule has 0 radical (unpaired) electrons. The molecule has 0 N–H and O–H groups in total. The minimum atomic E-state index is -0.440. The van der Waals surface area contributed by atoms with Gasteiger partial charge in [-0.05, 0) is 37.6 Å². The first-order chi connectivity index (χ1) is 11.5. The SMILES string of the molecule is C[C@@H](c1nnc(-c2ccc([N+](=O)[O-])cc2)o1)N(C)Cc1cccs1. The first kappa shape index (κ1) is 16.3. The summed E-state index contributed by atoms with van der Waals surface area (Å²) in [5, 5.41) is 20.9. The molecule has 24 heavy (non-hydrogen) atoms. The van der Waals surface area contributed by atoms with Gasteiger partial charge >= 0.3 is 0 Å². The van der Waals surface area contributed by atoms with Crippen LogP contribution < -0.4 is 0 Å². The molecular weight excluding hydrogens is 328 g/mol. The lowest BCUT2D eigenvalue weighted by Gasteiger charge is -2.20. The summed E-state index contributed by atoms with van der Waals surface area (Å²) in [6.07, 6.45) is 0. The minimum Gasteiger partial charge on any atom is -0.419 e. The highest BCUT2D eigenvalue weighted by molar-refractivity contribution is 7.09. The van der Waals surface area contributed by atoms with E-state index in [2.05, 4.69) is 21.2 Å². The van der Waals surface area contributed by atoms with E-state index in [0.717, 1.165) is 6.54 Å². The molecule has 124 valence electrons. The predicted molar refractivity (Wildman–Crippen MR) is 90.6 cm³/mol. The zero-order valence-corrected chi connectivity index (χ0v) is 14.1. The summed E-state index contributed by atoms with van der Waals surface area (Å²) in [6.45, 7) is 2.80. The molecule has 0 saturated carbocycles. The number of rotatable bonds is 6. The van der Waals surface area contributed by atoms with Gasteiger partial charge in [0, 0.05) is 29.1 Å². The fourth-order valence-corrected chi connectivity index (χ4v) is 2.99. The summed E-state index contributed by atoms with van der Waals surface area (Å²) < 4.78 is 5.74. The van der Waals surface area contributed by atoms with E-state index in [1.165, 1.54) is 17.0 Å². The number of aromatic nitrogens is 2. The van der Waals surface area contributed by atoms with Gasteiger partial charge in [0.15, 0.2) is 0 Å². The second-order valence-electron chi connectivity index (χ2n) is 5.42. The molecule has 3 rings (SSSR count). The third-order valence-corrected chi connectivity index (χ3v) is 4.63. The van der Waals surface area contributed by atoms with Crippen molar-refractivity contribution in [2.75, 3.05) is 7.05 Å². The normalized spacial score (nSPS) is 12.5. The molecule has 2 heterocycles. The molecule has 2 aromatic heterocycles. The summed E-state index contributed by atoms with van der Waals surface area (Å²) in [7, 11) is 2.00. The van der Waals surface area contributed by atoms with Crippen LogP contribution in [0, 0.1) is 10.1 Å². The van der Waals surface area contributed by atoms with Crippen LogP contribution >= 0.6 is 11.3 Å². The fourth-order valence-electron chi connectivity index (χ4n) is 2.22. The Morgan fingerprint density at radius 1 is 1.29 bits per heavy atom. The van der Waals surface area contributed by atoms with Gasteiger partial charge in [0.1, 0.15) is 0 Å². The van der Waals surface area contributed by atoms with Gasteiger partial charge < -0.3 is 4.42 Å². The molecule has 0 spiro atoms. The zero-order chi connectivity index (χ0) is 17.1. The Kier molecular flexibility index (Phi) is 4.68. The number of nitrogens with zero attached hydrogens (tertiary/aromatic N) is 4. The van der Waals surface area contributed by atoms with Crippen molar-refractivity contribution < 1.29 is 9.34 Å². The molecular formula is C16H16N4O3S. The van der Waals surface area contributed by atoms with Crippen LogP contribution in [0.3, 0.4) is 0 Å². The molecule has 1 atom stereocenters. The average Bonchev–Trinajstić information content (AvgIpc) is 3.26. The van der Waals surface area contributed by atoms with E-state index in [0.29, 0.717) is 17.3 Å². The number of nitro groups is 1. The number of thiophene rings is 1. The number of hydrogen-bond donors (Lipinski definition) is 0. The molecule has 7 nitrogen and oxygen atoms in total. The molecule has 0 saturated heterocycles. The van der Waals surface area contributed by atoms with Crippen molar-refractivity contribution in [3.05, 3.63) is 62.7 Å². The Balaban J connectivity index is 1.73. The summed E-state index contributed by atoms with van der Waals surface area (Å²) in [5.74, 6) is 0.874. The Bertz CT molecular complexity index is 814. The number of non-ortho nitro benzene ring substituents is 1. The van der Waals surface area contributed by atoms with Crippen molar-refractivity contribution in [2.45, 2.75) is 19.5 Å². The molecule has 0 unspecified atom stereocenters. The smallest absolute Gasteiger partial charge is 0.269 e. The fraction of sp³-hybridized carbons (Fsp3) is 0.250. The summed E-state index contributed by atoms with van der Waals surface area (Å²) in [5.41, 5.74) is 0.690. The molecule has 0 aliphatic carbocycles. The van der Waals surface area contributed by atoms with E-state index in [9.17, 15) is 10.1 Å². The van der Waals surface area contributed by atoms with E-state index in [1.54, 1.807) is 23.5 Å². The predicted octanol–water partition coefficient (Wildman–Crippen LogP) is 3.90. The second kappa shape index (κ2) is 6.90. The maximum absolute atomic E-state index is 10.7. The average molecular weight is 344 g/mol. The Hall–Kier alpha value is -2.58. The summed E-state index contributed by atoms with van der Waals surface area (Å²) >= 11 is 1.71. The van der Waals surface area contributed by atoms with Crippen molar-refractivity contribution in [2.24, 2.45) is 0 Å². The van der Waals surface area contributed by atoms with Crippen LogP contribution in [-0.4, -0.2) is 27.1 Å². The second-order valence-corrected chi connectivity index (χ2v) is 6.45. The van der Waals surface area contributed by atoms with Crippen molar-refractivity contribution in [1.82, 2.24) is 15.1 Å². The van der Waals surface area contributed by atoms with Gasteiger partial charge in [0.2, 0.25) is 11.8 Å². The van der Waals surface area contributed by atoms with Crippen molar-refractivity contribution in [1.29, 1.82) is 0 Å². The van der Waals surface area contributed by atoms with Crippen LogP contribution in [0.4, 0.5) is 5.69 Å². The molecule has 0 aliphatic heterocycles. The van der Waals surface area contributed by atoms with Crippen LogP contribution in [0.5, 0.6) is 0 Å². The Morgan fingerprint density at radius 2 is 2.04 bits per heavy atom. The van der Waals surface area contributed by atoms with Crippen molar-refractivity contribution in [3.63, 3.8) is 0 Å². The first-order valence-electron chi connectivity index (χ1n) is 7.35. The van der Waals surface area contributed by atoms with Gasteiger partial charge in [-0.3, -0.25) is 15.0 Å². The number of nitro benzene ring substituents is 1.